The molecule has 2 aliphatic rings. The van der Waals surface area contributed by atoms with Crippen LogP contribution in [0.3, 0.4) is 0 Å². The van der Waals surface area contributed by atoms with Crippen LogP contribution in [0, 0.1) is 17.0 Å². The lowest BCUT2D eigenvalue weighted by molar-refractivity contribution is -0.384. The van der Waals surface area contributed by atoms with E-state index in [4.69, 9.17) is 9.47 Å². The van der Waals surface area contributed by atoms with Gasteiger partial charge in [0.25, 0.3) is 5.69 Å². The Hall–Kier alpha value is -5.82. The second-order valence-electron chi connectivity index (χ2n) is 11.6. The Morgan fingerprint density at radius 1 is 0.521 bits per heavy atom. The van der Waals surface area contributed by atoms with Crippen molar-refractivity contribution in [3.63, 3.8) is 0 Å². The Bertz CT molecular complexity index is 1840. The van der Waals surface area contributed by atoms with Crippen LogP contribution < -0.4 is 9.47 Å². The first-order chi connectivity index (χ1) is 23.2. The highest BCUT2D eigenvalue weighted by Gasteiger charge is 2.24. The summed E-state index contributed by atoms with van der Waals surface area (Å²) in [6, 6.07) is 29.8. The number of nitro benzene ring substituents is 1. The quantitative estimate of drug-likeness (QED) is 0.114. The fourth-order valence-corrected chi connectivity index (χ4v) is 5.52. The van der Waals surface area contributed by atoms with Crippen LogP contribution in [0.5, 0.6) is 11.5 Å². The Kier molecular flexibility index (Phi) is 10.9. The normalized spacial score (nSPS) is 17.6. The molecule has 0 spiro atoms. The number of allylic oxidation sites excluding steroid dienone is 4. The SMILES string of the molecule is COc1ccc(/C=C2/CC/C(=C/c3ccc(OC)cc3)C2=O)cc1.Cc1ccc(/C=C2/CC/C(=C/c3ccc([N+](=O)[O-])cc3)C2=O)cc1. The number of ether oxygens (including phenoxy) is 2. The number of ketones is 2. The minimum absolute atomic E-state index is 0.0508. The molecule has 6 rings (SSSR count). The van der Waals surface area contributed by atoms with Gasteiger partial charge in [-0.3, -0.25) is 19.7 Å². The van der Waals surface area contributed by atoms with Crippen molar-refractivity contribution in [3.05, 3.63) is 157 Å². The van der Waals surface area contributed by atoms with Gasteiger partial charge in [0, 0.05) is 34.4 Å². The van der Waals surface area contributed by atoms with Gasteiger partial charge < -0.3 is 9.47 Å². The molecule has 0 radical (unpaired) electrons. The first kappa shape index (κ1) is 33.5. The van der Waals surface area contributed by atoms with E-state index < -0.39 is 4.92 Å². The van der Waals surface area contributed by atoms with Crippen LogP contribution in [-0.4, -0.2) is 30.7 Å². The smallest absolute Gasteiger partial charge is 0.269 e. The summed E-state index contributed by atoms with van der Waals surface area (Å²) >= 11 is 0. The molecule has 0 amide bonds. The lowest BCUT2D eigenvalue weighted by atomic mass is 10.1. The predicted molar refractivity (Wildman–Crippen MR) is 191 cm³/mol. The molecule has 48 heavy (non-hydrogen) atoms. The largest absolute Gasteiger partial charge is 0.497 e. The Balaban J connectivity index is 0.000000188. The molecule has 0 atom stereocenters. The number of non-ortho nitro benzene ring substituents is 1. The molecule has 0 heterocycles. The molecule has 0 bridgehead atoms. The summed E-state index contributed by atoms with van der Waals surface area (Å²) in [4.78, 5) is 35.3. The highest BCUT2D eigenvalue weighted by atomic mass is 16.6. The molecular weight excluding hydrogens is 602 g/mol. The summed E-state index contributed by atoms with van der Waals surface area (Å²) in [5.41, 5.74) is 8.40. The van der Waals surface area contributed by atoms with Gasteiger partial charge in [-0.1, -0.05) is 54.1 Å². The number of carbonyl (C=O) groups excluding carboxylic acids is 2. The zero-order valence-corrected chi connectivity index (χ0v) is 27.3. The summed E-state index contributed by atoms with van der Waals surface area (Å²) in [6.07, 6.45) is 10.7. The van der Waals surface area contributed by atoms with E-state index in [-0.39, 0.29) is 17.3 Å². The van der Waals surface area contributed by atoms with Crippen LogP contribution in [0.2, 0.25) is 0 Å². The number of benzene rings is 4. The lowest BCUT2D eigenvalue weighted by Crippen LogP contribution is -1.95. The maximum atomic E-state index is 12.6. The van der Waals surface area contributed by atoms with Gasteiger partial charge in [0.15, 0.2) is 11.6 Å². The van der Waals surface area contributed by atoms with E-state index in [1.54, 1.807) is 26.4 Å². The molecule has 7 heteroatoms. The molecule has 0 aromatic heterocycles. The van der Waals surface area contributed by atoms with Crippen LogP contribution in [0.1, 0.15) is 53.5 Å². The van der Waals surface area contributed by atoms with Gasteiger partial charge in [-0.15, -0.1) is 0 Å². The number of Topliss-reactive ketones (excluding diaryl/α,β-unsaturated/α-hetero) is 2. The highest BCUT2D eigenvalue weighted by Crippen LogP contribution is 2.31. The number of carbonyl (C=O) groups is 2. The van der Waals surface area contributed by atoms with Gasteiger partial charge in [0.2, 0.25) is 0 Å². The van der Waals surface area contributed by atoms with Gasteiger partial charge in [0.05, 0.1) is 19.1 Å². The van der Waals surface area contributed by atoms with E-state index in [0.717, 1.165) is 75.3 Å². The average Bonchev–Trinajstić information content (AvgIpc) is 3.63. The maximum Gasteiger partial charge on any atom is 0.269 e. The standard InChI is InChI=1S/C21H20O3.C20H17NO3/c1-23-19-9-3-15(4-10-19)13-17-7-8-18(21(17)22)14-16-5-11-20(24-2)12-6-16;1-14-2-4-15(5-3-14)12-17-8-9-18(20(17)22)13-16-6-10-19(11-7-16)21(23)24/h3-6,9-14H,7-8H2,1-2H3;2-7,10-13H,8-9H2,1H3/b17-13-,18-14-;17-12-,18-13-. The minimum Gasteiger partial charge on any atom is -0.497 e. The van der Waals surface area contributed by atoms with Crippen molar-refractivity contribution in [2.75, 3.05) is 14.2 Å². The maximum absolute atomic E-state index is 12.6. The highest BCUT2D eigenvalue weighted by molar-refractivity contribution is 6.16. The van der Waals surface area contributed by atoms with E-state index in [2.05, 4.69) is 0 Å². The monoisotopic (exact) mass is 639 g/mol. The molecule has 0 aliphatic heterocycles. The number of aryl methyl sites for hydroxylation is 1. The fraction of sp³-hybridized carbons (Fsp3) is 0.171. The molecule has 4 aromatic carbocycles. The number of hydrogen-bond acceptors (Lipinski definition) is 6. The molecule has 2 aliphatic carbocycles. The van der Waals surface area contributed by atoms with Crippen molar-refractivity contribution in [3.8, 4) is 11.5 Å². The fourth-order valence-electron chi connectivity index (χ4n) is 5.52. The van der Waals surface area contributed by atoms with Gasteiger partial charge >= 0.3 is 0 Å². The van der Waals surface area contributed by atoms with Crippen molar-refractivity contribution >= 4 is 41.6 Å². The number of nitrogens with zero attached hydrogens (tertiary/aromatic N) is 1. The third-order valence-electron chi connectivity index (χ3n) is 8.27. The number of hydrogen-bond donors (Lipinski definition) is 0. The van der Waals surface area contributed by atoms with Gasteiger partial charge in [-0.25, -0.2) is 0 Å². The second-order valence-corrected chi connectivity index (χ2v) is 11.6. The minimum atomic E-state index is -0.430. The van der Waals surface area contributed by atoms with Crippen LogP contribution in [0.15, 0.2) is 119 Å². The lowest BCUT2D eigenvalue weighted by Gasteiger charge is -2.01. The van der Waals surface area contributed by atoms with Crippen LogP contribution in [0.4, 0.5) is 5.69 Å². The molecular formula is C41H37NO6. The summed E-state index contributed by atoms with van der Waals surface area (Å²) in [5.74, 6) is 1.83. The topological polar surface area (TPSA) is 95.7 Å². The van der Waals surface area contributed by atoms with Crippen molar-refractivity contribution in [2.24, 2.45) is 0 Å². The first-order valence-corrected chi connectivity index (χ1v) is 15.7. The average molecular weight is 640 g/mol. The molecule has 0 unspecified atom stereocenters. The van der Waals surface area contributed by atoms with Gasteiger partial charge in [0.1, 0.15) is 11.5 Å². The zero-order chi connectivity index (χ0) is 34.0. The van der Waals surface area contributed by atoms with Crippen LogP contribution >= 0.6 is 0 Å². The van der Waals surface area contributed by atoms with E-state index in [1.165, 1.54) is 17.7 Å². The summed E-state index contributed by atoms with van der Waals surface area (Å²) in [6.45, 7) is 2.03. The Labute approximate surface area is 280 Å². The van der Waals surface area contributed by atoms with E-state index in [1.807, 2.05) is 104 Å². The molecule has 0 saturated heterocycles. The zero-order valence-electron chi connectivity index (χ0n) is 27.3. The number of nitro groups is 1. The first-order valence-electron chi connectivity index (χ1n) is 15.7. The molecule has 4 aromatic rings. The number of rotatable bonds is 7. The third kappa shape index (κ3) is 8.70. The Morgan fingerprint density at radius 2 is 0.812 bits per heavy atom. The third-order valence-corrected chi connectivity index (χ3v) is 8.27. The van der Waals surface area contributed by atoms with E-state index in [9.17, 15) is 19.7 Å². The van der Waals surface area contributed by atoms with E-state index >= 15 is 0 Å². The molecule has 0 N–H and O–H groups in total. The van der Waals surface area contributed by atoms with Gasteiger partial charge in [-0.05, 0) is 116 Å². The molecule has 2 fully saturated rings. The predicted octanol–water partition coefficient (Wildman–Crippen LogP) is 9.27. The summed E-state index contributed by atoms with van der Waals surface area (Å²) < 4.78 is 10.3. The Morgan fingerprint density at radius 3 is 1.10 bits per heavy atom. The second kappa shape index (κ2) is 15.6. The summed E-state index contributed by atoms with van der Waals surface area (Å²) in [5, 5.41) is 10.7. The van der Waals surface area contributed by atoms with Crippen molar-refractivity contribution in [2.45, 2.75) is 32.6 Å². The van der Waals surface area contributed by atoms with Crippen LogP contribution in [-0.2, 0) is 9.59 Å². The molecule has 2 saturated carbocycles. The van der Waals surface area contributed by atoms with Crippen molar-refractivity contribution < 1.29 is 24.0 Å². The van der Waals surface area contributed by atoms with Gasteiger partial charge in [-0.2, -0.15) is 0 Å². The van der Waals surface area contributed by atoms with E-state index in [0.29, 0.717) is 6.42 Å². The molecule has 7 nitrogen and oxygen atoms in total. The number of methoxy groups -OCH3 is 2. The molecule has 242 valence electrons. The van der Waals surface area contributed by atoms with Crippen molar-refractivity contribution in [1.29, 1.82) is 0 Å². The summed E-state index contributed by atoms with van der Waals surface area (Å²) in [7, 11) is 3.29. The van der Waals surface area contributed by atoms with Crippen molar-refractivity contribution in [1.82, 2.24) is 0 Å². The van der Waals surface area contributed by atoms with Crippen LogP contribution in [0.25, 0.3) is 24.3 Å².